The second-order valence-electron chi connectivity index (χ2n) is 5.91. The van der Waals surface area contributed by atoms with Gasteiger partial charge in [-0.2, -0.15) is 0 Å². The number of aromatic amines is 1. The van der Waals surface area contributed by atoms with Crippen LogP contribution in [0.4, 0.5) is 0 Å². The van der Waals surface area contributed by atoms with Gasteiger partial charge in [0.2, 0.25) is 5.16 Å². The summed E-state index contributed by atoms with van der Waals surface area (Å²) in [7, 11) is 0. The fraction of sp³-hybridized carbons (Fsp3) is 0.111. The van der Waals surface area contributed by atoms with Crippen molar-refractivity contribution in [1.29, 1.82) is 0 Å². The number of aromatic nitrogens is 5. The second-order valence-corrected chi connectivity index (χ2v) is 7.66. The van der Waals surface area contributed by atoms with Gasteiger partial charge in [0, 0.05) is 10.6 Å². The van der Waals surface area contributed by atoms with Gasteiger partial charge in [0.25, 0.3) is 5.56 Å². The molecule has 0 amide bonds. The number of H-pyrrole nitrogens is 1. The zero-order valence-corrected chi connectivity index (χ0v) is 15.8. The molecule has 0 aliphatic carbocycles. The van der Waals surface area contributed by atoms with Crippen LogP contribution in [0.2, 0.25) is 5.02 Å². The summed E-state index contributed by atoms with van der Waals surface area (Å²) in [5.74, 6) is 7.25. The molecule has 0 fully saturated rings. The van der Waals surface area contributed by atoms with Gasteiger partial charge in [-0.1, -0.05) is 35.5 Å². The molecule has 2 aromatic carbocycles. The van der Waals surface area contributed by atoms with Crippen molar-refractivity contribution in [3.05, 3.63) is 69.7 Å². The summed E-state index contributed by atoms with van der Waals surface area (Å²) in [6, 6.07) is 14.4. The van der Waals surface area contributed by atoms with Gasteiger partial charge in [0.15, 0.2) is 5.82 Å². The molecule has 9 heteroatoms. The number of rotatable bonds is 4. The largest absolute Gasteiger partial charge is 0.335 e. The van der Waals surface area contributed by atoms with Gasteiger partial charge >= 0.3 is 0 Å². The molecule has 27 heavy (non-hydrogen) atoms. The Morgan fingerprint density at radius 1 is 1.15 bits per heavy atom. The molecular weight excluding hydrogens is 384 g/mol. The van der Waals surface area contributed by atoms with Crippen LogP contribution >= 0.6 is 23.4 Å². The number of thioether (sulfide) groups is 1. The van der Waals surface area contributed by atoms with Crippen LogP contribution in [0.15, 0.2) is 58.5 Å². The van der Waals surface area contributed by atoms with E-state index in [2.05, 4.69) is 20.2 Å². The molecule has 0 aliphatic heterocycles. The average Bonchev–Trinajstić information content (AvgIpc) is 3.03. The number of benzene rings is 2. The highest BCUT2D eigenvalue weighted by atomic mass is 35.5. The number of nitrogens with zero attached hydrogens (tertiary/aromatic N) is 4. The van der Waals surface area contributed by atoms with Gasteiger partial charge in [-0.25, -0.2) is 9.66 Å². The van der Waals surface area contributed by atoms with E-state index >= 15 is 0 Å². The maximum Gasteiger partial charge on any atom is 0.258 e. The first kappa shape index (κ1) is 17.6. The zero-order valence-electron chi connectivity index (χ0n) is 14.3. The van der Waals surface area contributed by atoms with Crippen molar-refractivity contribution >= 4 is 34.3 Å². The molecule has 7 nitrogen and oxygen atoms in total. The molecule has 0 spiro atoms. The minimum Gasteiger partial charge on any atom is -0.335 e. The van der Waals surface area contributed by atoms with E-state index in [0.29, 0.717) is 32.7 Å². The summed E-state index contributed by atoms with van der Waals surface area (Å²) >= 11 is 7.29. The van der Waals surface area contributed by atoms with Crippen molar-refractivity contribution in [2.75, 3.05) is 5.84 Å². The Morgan fingerprint density at radius 2 is 1.89 bits per heavy atom. The van der Waals surface area contributed by atoms with Crippen LogP contribution in [0, 0.1) is 0 Å². The van der Waals surface area contributed by atoms with E-state index in [0.717, 1.165) is 5.56 Å². The summed E-state index contributed by atoms with van der Waals surface area (Å²) in [5, 5.41) is 9.86. The molecule has 0 radical (unpaired) electrons. The number of nitrogen functional groups attached to an aromatic ring is 1. The Labute approximate surface area is 163 Å². The number of hydrogen-bond acceptors (Lipinski definition) is 6. The molecule has 1 atom stereocenters. The van der Waals surface area contributed by atoms with Gasteiger partial charge in [-0.3, -0.25) is 4.79 Å². The highest BCUT2D eigenvalue weighted by Crippen LogP contribution is 2.33. The molecule has 0 unspecified atom stereocenters. The van der Waals surface area contributed by atoms with Crippen LogP contribution < -0.4 is 11.4 Å². The standard InChI is InChI=1S/C18H15ClN6OS/c1-10(15-21-14-5-3-2-4-13(14)17(26)22-15)27-18-24-23-16(25(18)20)11-6-8-12(19)9-7-11/h2-10H,20H2,1H3,(H,21,22,26)/t10-/m1/s1. The maximum absolute atomic E-state index is 12.3. The lowest BCUT2D eigenvalue weighted by molar-refractivity contribution is 0.835. The molecule has 136 valence electrons. The Balaban J connectivity index is 1.63. The van der Waals surface area contributed by atoms with Gasteiger partial charge in [-0.05, 0) is 43.3 Å². The molecule has 4 aromatic rings. The number of nitrogens with one attached hydrogen (secondary N) is 1. The Hall–Kier alpha value is -2.84. The van der Waals surface area contributed by atoms with Crippen LogP contribution in [0.3, 0.4) is 0 Å². The monoisotopic (exact) mass is 398 g/mol. The summed E-state index contributed by atoms with van der Waals surface area (Å²) in [6.07, 6.45) is 0. The fourth-order valence-electron chi connectivity index (χ4n) is 2.66. The lowest BCUT2D eigenvalue weighted by atomic mass is 10.2. The summed E-state index contributed by atoms with van der Waals surface area (Å²) in [6.45, 7) is 1.92. The highest BCUT2D eigenvalue weighted by molar-refractivity contribution is 7.99. The predicted octanol–water partition coefficient (Wildman–Crippen LogP) is 3.40. The Bertz CT molecular complexity index is 1170. The minimum atomic E-state index is -0.174. The SMILES string of the molecule is C[C@@H](Sc1nnc(-c2ccc(Cl)cc2)n1N)c1nc2ccccc2c(=O)[nH]1. The van der Waals surface area contributed by atoms with Crippen molar-refractivity contribution in [1.82, 2.24) is 24.8 Å². The van der Waals surface area contributed by atoms with E-state index in [1.54, 1.807) is 18.2 Å². The smallest absolute Gasteiger partial charge is 0.258 e. The third-order valence-electron chi connectivity index (χ3n) is 4.07. The van der Waals surface area contributed by atoms with Crippen LogP contribution in [0.25, 0.3) is 22.3 Å². The van der Waals surface area contributed by atoms with Crippen molar-refractivity contribution < 1.29 is 0 Å². The molecule has 0 aliphatic rings. The van der Waals surface area contributed by atoms with Gasteiger partial charge < -0.3 is 10.8 Å². The third kappa shape index (κ3) is 3.41. The number of halogens is 1. The number of fused-ring (bicyclic) bond motifs is 1. The van der Waals surface area contributed by atoms with Crippen molar-refractivity contribution in [3.8, 4) is 11.4 Å². The first-order valence-electron chi connectivity index (χ1n) is 8.15. The average molecular weight is 399 g/mol. The minimum absolute atomic E-state index is 0.167. The molecule has 4 rings (SSSR count). The van der Waals surface area contributed by atoms with Crippen molar-refractivity contribution in [3.63, 3.8) is 0 Å². The molecule has 0 saturated carbocycles. The molecule has 3 N–H and O–H groups in total. The summed E-state index contributed by atoms with van der Waals surface area (Å²) < 4.78 is 1.42. The molecule has 0 bridgehead atoms. The van der Waals surface area contributed by atoms with E-state index in [9.17, 15) is 4.79 Å². The highest BCUT2D eigenvalue weighted by Gasteiger charge is 2.18. The molecular formula is C18H15ClN6OS. The summed E-state index contributed by atoms with van der Waals surface area (Å²) in [4.78, 5) is 19.6. The lowest BCUT2D eigenvalue weighted by Crippen LogP contribution is -2.14. The van der Waals surface area contributed by atoms with Crippen LogP contribution in [0.5, 0.6) is 0 Å². The first-order valence-corrected chi connectivity index (χ1v) is 9.41. The van der Waals surface area contributed by atoms with Gasteiger partial charge in [0.1, 0.15) is 5.82 Å². The maximum atomic E-state index is 12.3. The topological polar surface area (TPSA) is 102 Å². The van der Waals surface area contributed by atoms with E-state index in [1.165, 1.54) is 16.4 Å². The number of para-hydroxylation sites is 1. The van der Waals surface area contributed by atoms with Crippen LogP contribution in [0.1, 0.15) is 18.0 Å². The van der Waals surface area contributed by atoms with E-state index in [4.69, 9.17) is 17.4 Å². The number of nitrogens with two attached hydrogens (primary N) is 1. The molecule has 0 saturated heterocycles. The lowest BCUT2D eigenvalue weighted by Gasteiger charge is -2.10. The molecule has 2 heterocycles. The fourth-order valence-corrected chi connectivity index (χ4v) is 3.62. The molecule has 2 aromatic heterocycles. The Morgan fingerprint density at radius 3 is 2.67 bits per heavy atom. The van der Waals surface area contributed by atoms with E-state index in [-0.39, 0.29) is 10.8 Å². The Kier molecular flexibility index (Phi) is 4.59. The second kappa shape index (κ2) is 7.05. The number of hydrogen-bond donors (Lipinski definition) is 2. The quantitative estimate of drug-likeness (QED) is 0.403. The van der Waals surface area contributed by atoms with Crippen LogP contribution in [-0.4, -0.2) is 24.8 Å². The summed E-state index contributed by atoms with van der Waals surface area (Å²) in [5.41, 5.74) is 1.30. The van der Waals surface area contributed by atoms with E-state index < -0.39 is 0 Å². The van der Waals surface area contributed by atoms with Crippen molar-refractivity contribution in [2.45, 2.75) is 17.3 Å². The first-order chi connectivity index (χ1) is 13.0. The third-order valence-corrected chi connectivity index (χ3v) is 5.38. The van der Waals surface area contributed by atoms with Crippen LogP contribution in [-0.2, 0) is 0 Å². The van der Waals surface area contributed by atoms with Gasteiger partial charge in [-0.15, -0.1) is 10.2 Å². The van der Waals surface area contributed by atoms with E-state index in [1.807, 2.05) is 37.3 Å². The van der Waals surface area contributed by atoms with Gasteiger partial charge in [0.05, 0.1) is 16.2 Å². The predicted molar refractivity (Wildman–Crippen MR) is 107 cm³/mol. The van der Waals surface area contributed by atoms with Crippen molar-refractivity contribution in [2.24, 2.45) is 0 Å². The zero-order chi connectivity index (χ0) is 19.0. The normalized spacial score (nSPS) is 12.4.